The lowest BCUT2D eigenvalue weighted by atomic mass is 10.2. The van der Waals surface area contributed by atoms with Crippen LogP contribution in [0, 0.1) is 13.8 Å². The number of benzene rings is 1. The van der Waals surface area contributed by atoms with E-state index in [9.17, 15) is 13.2 Å². The van der Waals surface area contributed by atoms with Gasteiger partial charge in [0.05, 0.1) is 35.4 Å². The Kier molecular flexibility index (Phi) is 5.08. The molecule has 29 heavy (non-hydrogen) atoms. The van der Waals surface area contributed by atoms with Gasteiger partial charge in [0.15, 0.2) is 15.4 Å². The van der Waals surface area contributed by atoms with Gasteiger partial charge in [-0.3, -0.25) is 14.1 Å². The van der Waals surface area contributed by atoms with Gasteiger partial charge < -0.3 is 4.42 Å². The van der Waals surface area contributed by atoms with Crippen molar-refractivity contribution < 1.29 is 12.8 Å². The molecule has 0 N–H and O–H groups in total. The molecular weight excluding hydrogens is 416 g/mol. The van der Waals surface area contributed by atoms with Crippen LogP contribution in [0.1, 0.15) is 29.4 Å². The van der Waals surface area contributed by atoms with Crippen LogP contribution >= 0.6 is 11.6 Å². The van der Waals surface area contributed by atoms with Crippen LogP contribution < -0.4 is 5.76 Å². The highest BCUT2D eigenvalue weighted by atomic mass is 35.5. The Hall–Kier alpha value is -2.10. The van der Waals surface area contributed by atoms with Gasteiger partial charge in [0.1, 0.15) is 0 Å². The van der Waals surface area contributed by atoms with E-state index in [1.807, 2.05) is 30.5 Å². The van der Waals surface area contributed by atoms with Crippen molar-refractivity contribution in [3.8, 4) is 0 Å². The van der Waals surface area contributed by atoms with Crippen molar-refractivity contribution in [2.45, 2.75) is 39.5 Å². The van der Waals surface area contributed by atoms with Gasteiger partial charge in [0.25, 0.3) is 0 Å². The molecule has 4 rings (SSSR count). The predicted octanol–water partition coefficient (Wildman–Crippen LogP) is 2.51. The Morgan fingerprint density at radius 2 is 2.10 bits per heavy atom. The number of hydrogen-bond donors (Lipinski definition) is 0. The number of nitrogens with zero attached hydrogens (tertiary/aromatic N) is 4. The minimum absolute atomic E-state index is 0.108. The van der Waals surface area contributed by atoms with Crippen molar-refractivity contribution in [1.29, 1.82) is 0 Å². The molecule has 1 aliphatic rings. The molecule has 0 bridgehead atoms. The summed E-state index contributed by atoms with van der Waals surface area (Å²) in [5.41, 5.74) is 4.02. The van der Waals surface area contributed by atoms with Crippen LogP contribution in [0.4, 0.5) is 0 Å². The van der Waals surface area contributed by atoms with Crippen molar-refractivity contribution in [2.24, 2.45) is 0 Å². The molecule has 1 aliphatic heterocycles. The van der Waals surface area contributed by atoms with E-state index in [0.29, 0.717) is 35.8 Å². The number of hydrogen-bond acceptors (Lipinski definition) is 6. The molecule has 3 heterocycles. The van der Waals surface area contributed by atoms with Crippen molar-refractivity contribution in [1.82, 2.24) is 19.2 Å². The zero-order valence-electron chi connectivity index (χ0n) is 16.6. The molecule has 0 spiro atoms. The fraction of sp³-hybridized carbons (Fsp3) is 0.474. The average molecular weight is 439 g/mol. The highest BCUT2D eigenvalue weighted by molar-refractivity contribution is 7.91. The molecule has 8 nitrogen and oxygen atoms in total. The summed E-state index contributed by atoms with van der Waals surface area (Å²) in [6, 6.07) is 5.01. The molecule has 3 aromatic rings. The third kappa shape index (κ3) is 3.86. The van der Waals surface area contributed by atoms with Crippen LogP contribution in [0.2, 0.25) is 5.02 Å². The van der Waals surface area contributed by atoms with Gasteiger partial charge in [-0.2, -0.15) is 5.10 Å². The van der Waals surface area contributed by atoms with Gasteiger partial charge in [-0.25, -0.2) is 13.2 Å². The summed E-state index contributed by atoms with van der Waals surface area (Å²) < 4.78 is 32.4. The van der Waals surface area contributed by atoms with Gasteiger partial charge >= 0.3 is 5.76 Å². The smallest absolute Gasteiger partial charge is 0.408 e. The lowest BCUT2D eigenvalue weighted by Gasteiger charge is -2.18. The largest absolute Gasteiger partial charge is 0.421 e. The van der Waals surface area contributed by atoms with E-state index in [1.165, 1.54) is 0 Å². The average Bonchev–Trinajstić information content (AvgIpc) is 3.24. The van der Waals surface area contributed by atoms with Crippen molar-refractivity contribution in [2.75, 3.05) is 18.6 Å². The quantitative estimate of drug-likeness (QED) is 0.608. The first-order chi connectivity index (χ1) is 13.6. The molecule has 0 radical (unpaired) electrons. The fourth-order valence-electron chi connectivity index (χ4n) is 3.99. The molecular formula is C19H23ClN4O4S. The van der Waals surface area contributed by atoms with Crippen LogP contribution in [0.5, 0.6) is 0 Å². The number of fused-ring (bicyclic) bond motifs is 1. The highest BCUT2D eigenvalue weighted by Crippen LogP contribution is 2.27. The van der Waals surface area contributed by atoms with E-state index in [4.69, 9.17) is 16.0 Å². The Morgan fingerprint density at radius 3 is 2.79 bits per heavy atom. The van der Waals surface area contributed by atoms with Crippen LogP contribution in [-0.2, 0) is 23.1 Å². The molecule has 1 unspecified atom stereocenters. The van der Waals surface area contributed by atoms with E-state index in [2.05, 4.69) is 5.10 Å². The lowest BCUT2D eigenvalue weighted by molar-refractivity contribution is 0.252. The van der Waals surface area contributed by atoms with E-state index >= 15 is 0 Å². The van der Waals surface area contributed by atoms with E-state index < -0.39 is 15.6 Å². The van der Waals surface area contributed by atoms with Gasteiger partial charge in [-0.05, 0) is 39.4 Å². The minimum Gasteiger partial charge on any atom is -0.408 e. The maximum absolute atomic E-state index is 12.3. The Bertz CT molecular complexity index is 1240. The summed E-state index contributed by atoms with van der Waals surface area (Å²) in [6.45, 7) is 4.81. The van der Waals surface area contributed by atoms with Crippen LogP contribution in [0.3, 0.4) is 0 Å². The summed E-state index contributed by atoms with van der Waals surface area (Å²) in [4.78, 5) is 14.3. The summed E-state index contributed by atoms with van der Waals surface area (Å²) in [7, 11) is -1.06. The number of aryl methyl sites for hydroxylation is 1. The summed E-state index contributed by atoms with van der Waals surface area (Å²) in [6.07, 6.45) is 0.596. The fourth-order valence-corrected chi connectivity index (χ4v) is 5.84. The molecule has 1 fully saturated rings. The Labute approximate surface area is 173 Å². The zero-order chi connectivity index (χ0) is 20.9. The Morgan fingerprint density at radius 1 is 1.34 bits per heavy atom. The minimum atomic E-state index is -2.98. The summed E-state index contributed by atoms with van der Waals surface area (Å²) in [5.74, 6) is -0.0796. The van der Waals surface area contributed by atoms with Gasteiger partial charge in [-0.1, -0.05) is 11.6 Å². The van der Waals surface area contributed by atoms with E-state index in [0.717, 1.165) is 17.0 Å². The number of sulfone groups is 1. The van der Waals surface area contributed by atoms with Crippen molar-refractivity contribution >= 4 is 32.5 Å². The lowest BCUT2D eigenvalue weighted by Crippen LogP contribution is -2.27. The second-order valence-electron chi connectivity index (χ2n) is 7.71. The molecule has 10 heteroatoms. The van der Waals surface area contributed by atoms with Crippen LogP contribution in [0.25, 0.3) is 11.1 Å². The standard InChI is InChI=1S/C19H23ClN4O4S/c1-12-16(13(2)24(21-12)15-6-7-29(26,27)10-15)9-22(3)11-23-17-5-4-14(20)8-18(17)28-19(23)25/h4-5,8,15H,6-7,9-11H2,1-3H3. The molecule has 1 saturated heterocycles. The first-order valence-corrected chi connectivity index (χ1v) is 11.6. The monoisotopic (exact) mass is 438 g/mol. The molecule has 2 aromatic heterocycles. The first kappa shape index (κ1) is 20.2. The summed E-state index contributed by atoms with van der Waals surface area (Å²) >= 11 is 5.97. The predicted molar refractivity (Wildman–Crippen MR) is 111 cm³/mol. The topological polar surface area (TPSA) is 90.3 Å². The molecule has 1 atom stereocenters. The molecule has 0 saturated carbocycles. The van der Waals surface area contributed by atoms with Crippen LogP contribution in [-0.4, -0.2) is 46.2 Å². The van der Waals surface area contributed by atoms with E-state index in [1.54, 1.807) is 22.8 Å². The highest BCUT2D eigenvalue weighted by Gasteiger charge is 2.31. The first-order valence-electron chi connectivity index (χ1n) is 9.37. The van der Waals surface area contributed by atoms with Crippen molar-refractivity contribution in [3.05, 3.63) is 50.7 Å². The number of oxazole rings is 1. The number of aromatic nitrogens is 3. The molecule has 1 aromatic carbocycles. The normalized spacial score (nSPS) is 18.9. The third-order valence-electron chi connectivity index (χ3n) is 5.47. The molecule has 0 amide bonds. The second-order valence-corrected chi connectivity index (χ2v) is 10.4. The van der Waals surface area contributed by atoms with E-state index in [-0.39, 0.29) is 17.5 Å². The molecule has 156 valence electrons. The third-order valence-corrected chi connectivity index (χ3v) is 7.46. The van der Waals surface area contributed by atoms with Gasteiger partial charge in [0, 0.05) is 28.9 Å². The number of rotatable bonds is 5. The Balaban J connectivity index is 1.56. The second kappa shape index (κ2) is 7.30. The van der Waals surface area contributed by atoms with Gasteiger partial charge in [-0.15, -0.1) is 0 Å². The molecule has 0 aliphatic carbocycles. The zero-order valence-corrected chi connectivity index (χ0v) is 18.1. The van der Waals surface area contributed by atoms with Crippen LogP contribution in [0.15, 0.2) is 27.4 Å². The van der Waals surface area contributed by atoms with Gasteiger partial charge in [0.2, 0.25) is 0 Å². The SMILES string of the molecule is Cc1nn(C2CCS(=O)(=O)C2)c(C)c1CN(C)Cn1c(=O)oc2cc(Cl)ccc21. The van der Waals surface area contributed by atoms with Crippen molar-refractivity contribution in [3.63, 3.8) is 0 Å². The summed E-state index contributed by atoms with van der Waals surface area (Å²) in [5, 5.41) is 5.12. The maximum atomic E-state index is 12.3. The maximum Gasteiger partial charge on any atom is 0.421 e. The number of halogens is 1.